The minimum atomic E-state index is -0.485. The molecule has 1 N–H and O–H groups in total. The first kappa shape index (κ1) is 11.4. The number of nitrogens with one attached hydrogen (secondary N) is 1. The second-order valence-corrected chi connectivity index (χ2v) is 3.09. The zero-order valence-electron chi connectivity index (χ0n) is 8.66. The lowest BCUT2D eigenvalue weighted by molar-refractivity contribution is 0.0950. The minimum Gasteiger partial charge on any atom is -0.352 e. The lowest BCUT2D eigenvalue weighted by atomic mass is 10.2. The van der Waals surface area contributed by atoms with Crippen LogP contribution in [-0.2, 0) is 0 Å². The molecule has 0 aromatic heterocycles. The summed E-state index contributed by atoms with van der Waals surface area (Å²) in [7, 11) is 0. The predicted molar refractivity (Wildman–Crippen MR) is 58.2 cm³/mol. The van der Waals surface area contributed by atoms with Crippen molar-refractivity contribution < 1.29 is 9.18 Å². The van der Waals surface area contributed by atoms with Crippen LogP contribution in [0.5, 0.6) is 0 Å². The van der Waals surface area contributed by atoms with Gasteiger partial charge in [0.05, 0.1) is 5.56 Å². The number of benzene rings is 1. The third kappa shape index (κ3) is 3.54. The molecule has 0 bridgehead atoms. The zero-order valence-corrected chi connectivity index (χ0v) is 8.66. The Labute approximate surface area is 88.8 Å². The second-order valence-electron chi connectivity index (χ2n) is 3.09. The van der Waals surface area contributed by atoms with Gasteiger partial charge in [0.15, 0.2) is 0 Å². The molecule has 0 atom stereocenters. The maximum absolute atomic E-state index is 13.1. The molecule has 0 spiro atoms. The summed E-state index contributed by atoms with van der Waals surface area (Å²) in [6, 6.07) is 5.96. The largest absolute Gasteiger partial charge is 0.352 e. The minimum absolute atomic E-state index is 0.0954. The summed E-state index contributed by atoms with van der Waals surface area (Å²) in [6.07, 6.45) is 4.62. The van der Waals surface area contributed by atoms with Crippen LogP contribution in [-0.4, -0.2) is 12.5 Å². The van der Waals surface area contributed by atoms with Gasteiger partial charge in [-0.2, -0.15) is 0 Å². The summed E-state index contributed by atoms with van der Waals surface area (Å²) in [5.41, 5.74) is 0.0954. The van der Waals surface area contributed by atoms with E-state index >= 15 is 0 Å². The Balaban J connectivity index is 2.51. The van der Waals surface area contributed by atoms with Crippen molar-refractivity contribution in [2.45, 2.75) is 13.3 Å². The van der Waals surface area contributed by atoms with Crippen molar-refractivity contribution in [3.8, 4) is 0 Å². The Kier molecular flexibility index (Phi) is 4.54. The van der Waals surface area contributed by atoms with Crippen LogP contribution in [0, 0.1) is 5.82 Å². The van der Waals surface area contributed by atoms with Gasteiger partial charge in [-0.05, 0) is 25.5 Å². The zero-order chi connectivity index (χ0) is 11.1. The van der Waals surface area contributed by atoms with E-state index in [1.807, 2.05) is 19.1 Å². The number of hydrogen-bond acceptors (Lipinski definition) is 1. The molecule has 0 saturated carbocycles. The van der Waals surface area contributed by atoms with Crippen LogP contribution < -0.4 is 5.32 Å². The van der Waals surface area contributed by atoms with Crippen molar-refractivity contribution in [2.24, 2.45) is 0 Å². The van der Waals surface area contributed by atoms with E-state index in [9.17, 15) is 9.18 Å². The Morgan fingerprint density at radius 1 is 1.47 bits per heavy atom. The lowest BCUT2D eigenvalue weighted by Crippen LogP contribution is -2.24. The summed E-state index contributed by atoms with van der Waals surface area (Å²) in [5, 5.41) is 2.64. The standard InChI is InChI=1S/C12H14FNO/c1-2-3-6-9-14-12(15)10-7-4-5-8-11(10)13/h2-5,7-8H,6,9H2,1H3,(H,14,15)/b3-2+. The molecule has 1 aromatic rings. The van der Waals surface area contributed by atoms with Gasteiger partial charge in [0, 0.05) is 6.54 Å². The van der Waals surface area contributed by atoms with Crippen LogP contribution in [0.2, 0.25) is 0 Å². The van der Waals surface area contributed by atoms with Gasteiger partial charge >= 0.3 is 0 Å². The first-order valence-corrected chi connectivity index (χ1v) is 4.89. The maximum Gasteiger partial charge on any atom is 0.254 e. The molecular weight excluding hydrogens is 193 g/mol. The van der Waals surface area contributed by atoms with Crippen molar-refractivity contribution in [3.05, 3.63) is 47.8 Å². The van der Waals surface area contributed by atoms with Gasteiger partial charge < -0.3 is 5.32 Å². The topological polar surface area (TPSA) is 29.1 Å². The van der Waals surface area contributed by atoms with E-state index in [-0.39, 0.29) is 11.5 Å². The quantitative estimate of drug-likeness (QED) is 0.596. The van der Waals surface area contributed by atoms with Gasteiger partial charge in [0.2, 0.25) is 0 Å². The normalized spacial score (nSPS) is 10.5. The molecule has 0 aliphatic rings. The first-order chi connectivity index (χ1) is 7.25. The molecule has 1 rings (SSSR count). The van der Waals surface area contributed by atoms with Gasteiger partial charge in [0.25, 0.3) is 5.91 Å². The SMILES string of the molecule is C/C=C/CCNC(=O)c1ccccc1F. The van der Waals surface area contributed by atoms with Crippen LogP contribution in [0.4, 0.5) is 4.39 Å². The van der Waals surface area contributed by atoms with Crippen molar-refractivity contribution in [3.63, 3.8) is 0 Å². The molecule has 0 saturated heterocycles. The summed E-state index contributed by atoms with van der Waals surface area (Å²) >= 11 is 0. The summed E-state index contributed by atoms with van der Waals surface area (Å²) in [6.45, 7) is 2.44. The van der Waals surface area contributed by atoms with E-state index < -0.39 is 5.82 Å². The number of allylic oxidation sites excluding steroid dienone is 1. The highest BCUT2D eigenvalue weighted by Gasteiger charge is 2.08. The molecule has 3 heteroatoms. The van der Waals surface area contributed by atoms with Crippen molar-refractivity contribution in [1.29, 1.82) is 0 Å². The van der Waals surface area contributed by atoms with Crippen LogP contribution in [0.1, 0.15) is 23.7 Å². The first-order valence-electron chi connectivity index (χ1n) is 4.89. The summed E-state index contributed by atoms with van der Waals surface area (Å²) < 4.78 is 13.1. The van der Waals surface area contributed by atoms with E-state index in [2.05, 4.69) is 5.32 Å². The molecule has 0 unspecified atom stereocenters. The lowest BCUT2D eigenvalue weighted by Gasteiger charge is -2.03. The number of halogens is 1. The highest BCUT2D eigenvalue weighted by molar-refractivity contribution is 5.94. The van der Waals surface area contributed by atoms with E-state index in [0.717, 1.165) is 6.42 Å². The monoisotopic (exact) mass is 207 g/mol. The smallest absolute Gasteiger partial charge is 0.254 e. The maximum atomic E-state index is 13.1. The molecule has 0 aliphatic carbocycles. The third-order valence-corrected chi connectivity index (χ3v) is 1.95. The highest BCUT2D eigenvalue weighted by atomic mass is 19.1. The van der Waals surface area contributed by atoms with Crippen LogP contribution >= 0.6 is 0 Å². The van der Waals surface area contributed by atoms with Gasteiger partial charge in [-0.3, -0.25) is 4.79 Å². The van der Waals surface area contributed by atoms with E-state index in [0.29, 0.717) is 6.54 Å². The number of carbonyl (C=O) groups excluding carboxylic acids is 1. The Morgan fingerprint density at radius 3 is 2.87 bits per heavy atom. The van der Waals surface area contributed by atoms with Gasteiger partial charge in [0.1, 0.15) is 5.82 Å². The molecule has 2 nitrogen and oxygen atoms in total. The molecule has 1 aromatic carbocycles. The molecule has 0 heterocycles. The van der Waals surface area contributed by atoms with Crippen LogP contribution in [0.15, 0.2) is 36.4 Å². The fourth-order valence-corrected chi connectivity index (χ4v) is 1.18. The number of hydrogen-bond donors (Lipinski definition) is 1. The van der Waals surface area contributed by atoms with Gasteiger partial charge in [-0.25, -0.2) is 4.39 Å². The summed E-state index contributed by atoms with van der Waals surface area (Å²) in [4.78, 5) is 11.5. The molecule has 0 fully saturated rings. The fraction of sp³-hybridized carbons (Fsp3) is 0.250. The molecule has 15 heavy (non-hydrogen) atoms. The average molecular weight is 207 g/mol. The third-order valence-electron chi connectivity index (χ3n) is 1.95. The van der Waals surface area contributed by atoms with Crippen LogP contribution in [0.3, 0.4) is 0 Å². The predicted octanol–water partition coefficient (Wildman–Crippen LogP) is 2.52. The van der Waals surface area contributed by atoms with E-state index in [1.54, 1.807) is 12.1 Å². The second kappa shape index (κ2) is 5.96. The number of rotatable bonds is 4. The molecule has 0 aliphatic heterocycles. The molecule has 1 amide bonds. The van der Waals surface area contributed by atoms with Crippen LogP contribution in [0.25, 0.3) is 0 Å². The van der Waals surface area contributed by atoms with Gasteiger partial charge in [-0.15, -0.1) is 0 Å². The number of amides is 1. The van der Waals surface area contributed by atoms with E-state index in [1.165, 1.54) is 12.1 Å². The Morgan fingerprint density at radius 2 is 2.20 bits per heavy atom. The Hall–Kier alpha value is -1.64. The highest BCUT2D eigenvalue weighted by Crippen LogP contribution is 2.05. The molecule has 0 radical (unpaired) electrons. The fourth-order valence-electron chi connectivity index (χ4n) is 1.18. The van der Waals surface area contributed by atoms with Crippen molar-refractivity contribution in [2.75, 3.05) is 6.54 Å². The molecule has 80 valence electrons. The average Bonchev–Trinajstić information content (AvgIpc) is 2.25. The van der Waals surface area contributed by atoms with Crippen molar-refractivity contribution >= 4 is 5.91 Å². The van der Waals surface area contributed by atoms with Crippen molar-refractivity contribution in [1.82, 2.24) is 5.32 Å². The van der Waals surface area contributed by atoms with Gasteiger partial charge in [-0.1, -0.05) is 24.3 Å². The summed E-state index contributed by atoms with van der Waals surface area (Å²) in [5.74, 6) is -0.848. The Bertz CT molecular complexity index is 360. The molecular formula is C12H14FNO. The van der Waals surface area contributed by atoms with E-state index in [4.69, 9.17) is 0 Å². The number of carbonyl (C=O) groups is 1.